The molecule has 0 radical (unpaired) electrons. The summed E-state index contributed by atoms with van der Waals surface area (Å²) in [7, 11) is 1.19. The summed E-state index contributed by atoms with van der Waals surface area (Å²) < 4.78 is 4.46. The number of hydrogen-bond acceptors (Lipinski definition) is 6. The summed E-state index contributed by atoms with van der Waals surface area (Å²) in [6.07, 6.45) is -0.269. The smallest absolute Gasteiger partial charge is 0.310 e. The van der Waals surface area contributed by atoms with E-state index in [2.05, 4.69) is 4.74 Å². The zero-order valence-corrected chi connectivity index (χ0v) is 9.67. The SMILES string of the molecule is COC(=O)Cc1cc(C#N)cc(CN)c1[N+](=O)[O-]. The van der Waals surface area contributed by atoms with Crippen molar-refractivity contribution in [1.29, 1.82) is 5.26 Å². The van der Waals surface area contributed by atoms with Crippen LogP contribution in [0.2, 0.25) is 0 Å². The van der Waals surface area contributed by atoms with Crippen LogP contribution in [-0.2, 0) is 22.5 Å². The molecule has 1 aromatic rings. The molecule has 0 aromatic heterocycles. The van der Waals surface area contributed by atoms with E-state index in [1.54, 1.807) is 0 Å². The van der Waals surface area contributed by atoms with Crippen LogP contribution in [0.4, 0.5) is 5.69 Å². The summed E-state index contributed by atoms with van der Waals surface area (Å²) in [5, 5.41) is 19.8. The van der Waals surface area contributed by atoms with Gasteiger partial charge in [-0.2, -0.15) is 5.26 Å². The first-order chi connectivity index (χ1) is 8.53. The second-order valence-corrected chi connectivity index (χ2v) is 3.47. The molecule has 0 aliphatic heterocycles. The van der Waals surface area contributed by atoms with Gasteiger partial charge in [-0.25, -0.2) is 0 Å². The highest BCUT2D eigenvalue weighted by Crippen LogP contribution is 2.26. The quantitative estimate of drug-likeness (QED) is 0.475. The normalized spacial score (nSPS) is 9.61. The number of ether oxygens (including phenoxy) is 1. The molecule has 0 aliphatic rings. The second-order valence-electron chi connectivity index (χ2n) is 3.47. The van der Waals surface area contributed by atoms with E-state index >= 15 is 0 Å². The number of rotatable bonds is 4. The first-order valence-corrected chi connectivity index (χ1v) is 5.00. The van der Waals surface area contributed by atoms with E-state index in [1.165, 1.54) is 19.2 Å². The number of carbonyl (C=O) groups is 1. The lowest BCUT2D eigenvalue weighted by molar-refractivity contribution is -0.386. The van der Waals surface area contributed by atoms with Crippen LogP contribution in [0.1, 0.15) is 16.7 Å². The number of nitriles is 1. The Morgan fingerprint density at radius 2 is 2.17 bits per heavy atom. The van der Waals surface area contributed by atoms with Gasteiger partial charge in [-0.15, -0.1) is 0 Å². The lowest BCUT2D eigenvalue weighted by Gasteiger charge is -2.06. The van der Waals surface area contributed by atoms with Gasteiger partial charge in [-0.05, 0) is 12.1 Å². The summed E-state index contributed by atoms with van der Waals surface area (Å²) in [6, 6.07) is 4.52. The van der Waals surface area contributed by atoms with Crippen LogP contribution in [0.25, 0.3) is 0 Å². The standard InChI is InChI=1S/C11H11N3O4/c1-18-10(15)4-8-2-7(5-12)3-9(6-13)11(8)14(16)17/h2-3H,4,6,13H2,1H3. The van der Waals surface area contributed by atoms with E-state index in [4.69, 9.17) is 11.0 Å². The zero-order chi connectivity index (χ0) is 13.7. The number of nitro benzene ring substituents is 1. The van der Waals surface area contributed by atoms with Gasteiger partial charge in [-0.1, -0.05) is 0 Å². The largest absolute Gasteiger partial charge is 0.469 e. The molecule has 0 unspecified atom stereocenters. The summed E-state index contributed by atoms with van der Waals surface area (Å²) in [6.45, 7) is -0.0833. The van der Waals surface area contributed by atoms with E-state index in [9.17, 15) is 14.9 Å². The van der Waals surface area contributed by atoms with E-state index < -0.39 is 10.9 Å². The molecular weight excluding hydrogens is 238 g/mol. The fourth-order valence-corrected chi connectivity index (χ4v) is 1.58. The molecule has 0 aliphatic carbocycles. The third-order valence-electron chi connectivity index (χ3n) is 2.36. The summed E-state index contributed by atoms with van der Waals surface area (Å²) in [4.78, 5) is 21.6. The van der Waals surface area contributed by atoms with Crippen LogP contribution >= 0.6 is 0 Å². The monoisotopic (exact) mass is 249 g/mol. The first kappa shape index (κ1) is 13.6. The van der Waals surface area contributed by atoms with E-state index in [0.29, 0.717) is 0 Å². The van der Waals surface area contributed by atoms with E-state index in [0.717, 1.165) is 0 Å². The maximum Gasteiger partial charge on any atom is 0.310 e. The molecule has 0 amide bonds. The maximum atomic E-state index is 11.2. The van der Waals surface area contributed by atoms with Crippen molar-refractivity contribution in [1.82, 2.24) is 0 Å². The van der Waals surface area contributed by atoms with Gasteiger partial charge >= 0.3 is 5.97 Å². The molecule has 7 heteroatoms. The highest BCUT2D eigenvalue weighted by Gasteiger charge is 2.22. The number of hydrogen-bond donors (Lipinski definition) is 1. The first-order valence-electron chi connectivity index (χ1n) is 5.00. The molecule has 0 bridgehead atoms. The molecule has 0 spiro atoms. The number of nitrogens with zero attached hydrogens (tertiary/aromatic N) is 2. The van der Waals surface area contributed by atoms with Crippen LogP contribution in [0, 0.1) is 21.4 Å². The highest BCUT2D eigenvalue weighted by molar-refractivity contribution is 5.75. The fourth-order valence-electron chi connectivity index (χ4n) is 1.58. The Kier molecular flexibility index (Phi) is 4.34. The third-order valence-corrected chi connectivity index (χ3v) is 2.36. The predicted octanol–water partition coefficient (Wildman–Crippen LogP) is 0.641. The van der Waals surface area contributed by atoms with Crippen molar-refractivity contribution < 1.29 is 14.5 Å². The van der Waals surface area contributed by atoms with Gasteiger partial charge in [0.05, 0.1) is 30.1 Å². The van der Waals surface area contributed by atoms with Gasteiger partial charge in [0.1, 0.15) is 0 Å². The Bertz CT molecular complexity index is 534. The lowest BCUT2D eigenvalue weighted by Crippen LogP contribution is -2.10. The molecule has 0 atom stereocenters. The van der Waals surface area contributed by atoms with Crippen molar-refractivity contribution in [3.8, 4) is 6.07 Å². The van der Waals surface area contributed by atoms with Crippen molar-refractivity contribution in [2.75, 3.05) is 7.11 Å². The van der Waals surface area contributed by atoms with E-state index in [1.807, 2.05) is 6.07 Å². The number of nitro groups is 1. The molecule has 0 saturated carbocycles. The van der Waals surface area contributed by atoms with Crippen molar-refractivity contribution in [3.05, 3.63) is 38.9 Å². The Balaban J connectivity index is 3.40. The van der Waals surface area contributed by atoms with Gasteiger partial charge in [0.2, 0.25) is 0 Å². The van der Waals surface area contributed by atoms with Crippen LogP contribution in [-0.4, -0.2) is 18.0 Å². The van der Waals surface area contributed by atoms with Crippen molar-refractivity contribution in [2.45, 2.75) is 13.0 Å². The average molecular weight is 249 g/mol. The van der Waals surface area contributed by atoms with E-state index in [-0.39, 0.29) is 35.3 Å². The molecule has 0 heterocycles. The number of esters is 1. The molecule has 0 fully saturated rings. The molecule has 7 nitrogen and oxygen atoms in total. The number of carbonyl (C=O) groups excluding carboxylic acids is 1. The lowest BCUT2D eigenvalue weighted by atomic mass is 10.0. The topological polar surface area (TPSA) is 119 Å². The highest BCUT2D eigenvalue weighted by atomic mass is 16.6. The minimum absolute atomic E-state index is 0.0833. The number of methoxy groups -OCH3 is 1. The average Bonchev–Trinajstić information content (AvgIpc) is 2.36. The fraction of sp³-hybridized carbons (Fsp3) is 0.273. The number of benzene rings is 1. The van der Waals surface area contributed by atoms with Crippen LogP contribution < -0.4 is 5.73 Å². The Morgan fingerprint density at radius 1 is 1.56 bits per heavy atom. The molecule has 94 valence electrons. The molecule has 0 saturated heterocycles. The van der Waals surface area contributed by atoms with Gasteiger partial charge in [0.15, 0.2) is 0 Å². The van der Waals surface area contributed by atoms with Crippen molar-refractivity contribution in [3.63, 3.8) is 0 Å². The Labute approximate surface area is 103 Å². The summed E-state index contributed by atoms with van der Waals surface area (Å²) in [5.74, 6) is -0.615. The number of nitrogens with two attached hydrogens (primary N) is 1. The molecule has 1 aromatic carbocycles. The van der Waals surface area contributed by atoms with Gasteiger partial charge in [-0.3, -0.25) is 14.9 Å². The maximum absolute atomic E-state index is 11.2. The molecule has 2 N–H and O–H groups in total. The van der Waals surface area contributed by atoms with Crippen molar-refractivity contribution in [2.24, 2.45) is 5.73 Å². The van der Waals surface area contributed by atoms with Crippen LogP contribution in [0.3, 0.4) is 0 Å². The van der Waals surface area contributed by atoms with Gasteiger partial charge in [0, 0.05) is 17.7 Å². The van der Waals surface area contributed by atoms with Crippen LogP contribution in [0.15, 0.2) is 12.1 Å². The minimum Gasteiger partial charge on any atom is -0.469 e. The predicted molar refractivity (Wildman–Crippen MR) is 61.4 cm³/mol. The van der Waals surface area contributed by atoms with Crippen molar-refractivity contribution >= 4 is 11.7 Å². The van der Waals surface area contributed by atoms with Gasteiger partial charge < -0.3 is 10.5 Å². The summed E-state index contributed by atoms with van der Waals surface area (Å²) in [5.41, 5.74) is 5.75. The zero-order valence-electron chi connectivity index (χ0n) is 9.67. The molecule has 1 rings (SSSR count). The molecule has 18 heavy (non-hydrogen) atoms. The van der Waals surface area contributed by atoms with Crippen LogP contribution in [0.5, 0.6) is 0 Å². The Morgan fingerprint density at radius 3 is 2.61 bits per heavy atom. The second kappa shape index (κ2) is 5.75. The molecular formula is C11H11N3O4. The van der Waals surface area contributed by atoms with Gasteiger partial charge in [0.25, 0.3) is 5.69 Å². The third kappa shape index (κ3) is 2.81. The minimum atomic E-state index is -0.615. The summed E-state index contributed by atoms with van der Waals surface area (Å²) >= 11 is 0. The Hall–Kier alpha value is -2.46.